The van der Waals surface area contributed by atoms with E-state index in [1.54, 1.807) is 13.8 Å². The third-order valence-electron chi connectivity index (χ3n) is 2.03. The number of aliphatic carboxylic acids is 1. The van der Waals surface area contributed by atoms with Gasteiger partial charge in [-0.2, -0.15) is 0 Å². The van der Waals surface area contributed by atoms with Crippen molar-refractivity contribution in [2.24, 2.45) is 5.92 Å². The molecule has 6 heteroatoms. The maximum atomic E-state index is 11.2. The van der Waals surface area contributed by atoms with Gasteiger partial charge in [0.05, 0.1) is 11.7 Å². The number of hydrogen-bond donors (Lipinski definition) is 2. The van der Waals surface area contributed by atoms with E-state index in [0.29, 0.717) is 25.8 Å². The Morgan fingerprint density at radius 2 is 2.07 bits per heavy atom. The normalized spacial score (nSPS) is 13.7. The van der Waals surface area contributed by atoms with Gasteiger partial charge in [0, 0.05) is 6.54 Å². The molecule has 5 nitrogen and oxygen atoms in total. The summed E-state index contributed by atoms with van der Waals surface area (Å²) in [6.07, 6.45) is 1.63. The molecule has 1 atom stereocenters. The zero-order valence-corrected chi connectivity index (χ0v) is 10.0. The lowest BCUT2D eigenvalue weighted by Crippen LogP contribution is -2.27. The molecule has 0 spiro atoms. The van der Waals surface area contributed by atoms with Crippen LogP contribution in [0.15, 0.2) is 0 Å². The molecule has 0 aliphatic rings. The molecule has 0 aromatic heterocycles. The predicted molar refractivity (Wildman–Crippen MR) is 58.1 cm³/mol. The molecule has 0 amide bonds. The van der Waals surface area contributed by atoms with E-state index in [-0.39, 0.29) is 5.75 Å². The molecule has 0 aromatic carbocycles. The summed E-state index contributed by atoms with van der Waals surface area (Å²) < 4.78 is 24.8. The minimum atomic E-state index is -3.15. The van der Waals surface area contributed by atoms with Gasteiger partial charge in [0.15, 0.2) is 0 Å². The van der Waals surface area contributed by atoms with E-state index in [4.69, 9.17) is 5.11 Å². The maximum absolute atomic E-state index is 11.2. The number of sulfonamides is 1. The van der Waals surface area contributed by atoms with Crippen LogP contribution in [-0.4, -0.2) is 31.8 Å². The third-order valence-corrected chi connectivity index (χ3v) is 3.62. The van der Waals surface area contributed by atoms with Crippen molar-refractivity contribution in [1.29, 1.82) is 0 Å². The van der Waals surface area contributed by atoms with Crippen LogP contribution in [0.3, 0.4) is 0 Å². The molecule has 0 aliphatic heterocycles. The van der Waals surface area contributed by atoms with Gasteiger partial charge in [-0.25, -0.2) is 13.1 Å². The average Bonchev–Trinajstić information content (AvgIpc) is 2.11. The van der Waals surface area contributed by atoms with Crippen LogP contribution in [-0.2, 0) is 14.8 Å². The smallest absolute Gasteiger partial charge is 0.306 e. The van der Waals surface area contributed by atoms with Gasteiger partial charge in [0.1, 0.15) is 0 Å². The van der Waals surface area contributed by atoms with Crippen molar-refractivity contribution in [3.63, 3.8) is 0 Å². The van der Waals surface area contributed by atoms with E-state index < -0.39 is 21.9 Å². The molecule has 0 aromatic rings. The second kappa shape index (κ2) is 6.79. The largest absolute Gasteiger partial charge is 0.481 e. The fraction of sp³-hybridized carbons (Fsp3) is 0.889. The van der Waals surface area contributed by atoms with E-state index in [2.05, 4.69) is 4.72 Å². The minimum absolute atomic E-state index is 0.126. The van der Waals surface area contributed by atoms with Crippen LogP contribution in [0.4, 0.5) is 0 Å². The van der Waals surface area contributed by atoms with Gasteiger partial charge in [-0.05, 0) is 19.3 Å². The molecular formula is C9H19NO4S. The molecule has 0 radical (unpaired) electrons. The van der Waals surface area contributed by atoms with Gasteiger partial charge >= 0.3 is 5.97 Å². The van der Waals surface area contributed by atoms with Crippen molar-refractivity contribution in [2.75, 3.05) is 12.3 Å². The monoisotopic (exact) mass is 237 g/mol. The minimum Gasteiger partial charge on any atom is -0.481 e. The number of rotatable bonds is 8. The summed E-state index contributed by atoms with van der Waals surface area (Å²) in [7, 11) is -3.15. The highest BCUT2D eigenvalue weighted by molar-refractivity contribution is 7.89. The Morgan fingerprint density at radius 1 is 1.47 bits per heavy atom. The molecule has 15 heavy (non-hydrogen) atoms. The van der Waals surface area contributed by atoms with Crippen LogP contribution < -0.4 is 4.72 Å². The van der Waals surface area contributed by atoms with Gasteiger partial charge in [-0.1, -0.05) is 13.8 Å². The molecule has 90 valence electrons. The topological polar surface area (TPSA) is 83.5 Å². The molecule has 0 fully saturated rings. The maximum Gasteiger partial charge on any atom is 0.306 e. The van der Waals surface area contributed by atoms with Crippen molar-refractivity contribution in [1.82, 2.24) is 4.72 Å². The average molecular weight is 237 g/mol. The first-order valence-electron chi connectivity index (χ1n) is 5.09. The predicted octanol–water partition coefficient (Wildman–Crippen LogP) is 0.817. The summed E-state index contributed by atoms with van der Waals surface area (Å²) in [4.78, 5) is 10.5. The highest BCUT2D eigenvalue weighted by Gasteiger charge is 2.11. The molecule has 2 N–H and O–H groups in total. The number of carboxylic acids is 1. The Morgan fingerprint density at radius 3 is 2.53 bits per heavy atom. The first kappa shape index (κ1) is 14.4. The Balaban J connectivity index is 3.67. The Bertz CT molecular complexity index is 286. The molecular weight excluding hydrogens is 218 g/mol. The Kier molecular flexibility index (Phi) is 6.51. The summed E-state index contributed by atoms with van der Waals surface area (Å²) in [5.74, 6) is -1.13. The summed E-state index contributed by atoms with van der Waals surface area (Å²) >= 11 is 0. The zero-order valence-electron chi connectivity index (χ0n) is 9.19. The standard InChI is InChI=1S/C9H19NO4S/c1-3-7-15(13,14)10-6-4-5-8(2)9(11)12/h8,10H,3-7H2,1-2H3,(H,11,12). The van der Waals surface area contributed by atoms with Gasteiger partial charge in [-0.3, -0.25) is 4.79 Å². The summed E-state index contributed by atoms with van der Waals surface area (Å²) in [5.41, 5.74) is 0. The van der Waals surface area contributed by atoms with Crippen LogP contribution in [0.25, 0.3) is 0 Å². The number of hydrogen-bond acceptors (Lipinski definition) is 3. The molecule has 0 saturated carbocycles. The summed E-state index contributed by atoms with van der Waals surface area (Å²) in [6.45, 7) is 3.73. The second-order valence-electron chi connectivity index (χ2n) is 3.59. The van der Waals surface area contributed by atoms with Crippen molar-refractivity contribution in [3.8, 4) is 0 Å². The second-order valence-corrected chi connectivity index (χ2v) is 5.52. The van der Waals surface area contributed by atoms with E-state index >= 15 is 0 Å². The van der Waals surface area contributed by atoms with Gasteiger partial charge < -0.3 is 5.11 Å². The van der Waals surface area contributed by atoms with Gasteiger partial charge in [0.2, 0.25) is 10.0 Å². The lowest BCUT2D eigenvalue weighted by molar-refractivity contribution is -0.141. The van der Waals surface area contributed by atoms with Crippen LogP contribution >= 0.6 is 0 Å². The van der Waals surface area contributed by atoms with Crippen LogP contribution in [0.2, 0.25) is 0 Å². The van der Waals surface area contributed by atoms with Gasteiger partial charge in [0.25, 0.3) is 0 Å². The molecule has 0 bridgehead atoms. The lowest BCUT2D eigenvalue weighted by Gasteiger charge is -2.07. The number of carbonyl (C=O) groups is 1. The zero-order chi connectivity index (χ0) is 11.9. The fourth-order valence-electron chi connectivity index (χ4n) is 1.10. The molecule has 0 heterocycles. The first-order valence-corrected chi connectivity index (χ1v) is 6.74. The van der Waals surface area contributed by atoms with Crippen LogP contribution in [0, 0.1) is 5.92 Å². The van der Waals surface area contributed by atoms with Crippen molar-refractivity contribution in [2.45, 2.75) is 33.1 Å². The third kappa shape index (κ3) is 7.33. The van der Waals surface area contributed by atoms with Gasteiger partial charge in [-0.15, -0.1) is 0 Å². The van der Waals surface area contributed by atoms with Crippen molar-refractivity contribution >= 4 is 16.0 Å². The SMILES string of the molecule is CCCS(=O)(=O)NCCCC(C)C(=O)O. The Hall–Kier alpha value is -0.620. The van der Waals surface area contributed by atoms with Crippen molar-refractivity contribution < 1.29 is 18.3 Å². The lowest BCUT2D eigenvalue weighted by atomic mass is 10.1. The molecule has 0 rings (SSSR count). The summed E-state index contributed by atoms with van der Waals surface area (Å²) in [5, 5.41) is 8.59. The molecule has 0 saturated heterocycles. The van der Waals surface area contributed by atoms with E-state index in [9.17, 15) is 13.2 Å². The summed E-state index contributed by atoms with van der Waals surface area (Å²) in [6, 6.07) is 0. The molecule has 0 aliphatic carbocycles. The number of carboxylic acid groups (broad SMARTS) is 1. The number of nitrogens with one attached hydrogen (secondary N) is 1. The van der Waals surface area contributed by atoms with E-state index in [0.717, 1.165) is 0 Å². The van der Waals surface area contributed by atoms with E-state index in [1.165, 1.54) is 0 Å². The van der Waals surface area contributed by atoms with Crippen LogP contribution in [0.1, 0.15) is 33.1 Å². The first-order chi connectivity index (χ1) is 6.89. The fourth-order valence-corrected chi connectivity index (χ4v) is 2.24. The quantitative estimate of drug-likeness (QED) is 0.612. The molecule has 1 unspecified atom stereocenters. The van der Waals surface area contributed by atoms with Crippen molar-refractivity contribution in [3.05, 3.63) is 0 Å². The highest BCUT2D eigenvalue weighted by atomic mass is 32.2. The highest BCUT2D eigenvalue weighted by Crippen LogP contribution is 2.04. The Labute approximate surface area is 90.9 Å². The van der Waals surface area contributed by atoms with Crippen LogP contribution in [0.5, 0.6) is 0 Å². The van der Waals surface area contributed by atoms with E-state index in [1.807, 2.05) is 0 Å².